The number of nitrogens with two attached hydrogens (primary N) is 1. The summed E-state index contributed by atoms with van der Waals surface area (Å²) in [4.78, 5) is 49.1. The molecule has 6 unspecified atom stereocenters. The van der Waals surface area contributed by atoms with Crippen LogP contribution >= 0.6 is 0 Å². The summed E-state index contributed by atoms with van der Waals surface area (Å²) in [6, 6.07) is 0.917. The van der Waals surface area contributed by atoms with Crippen molar-refractivity contribution in [1.29, 1.82) is 0 Å². The first-order valence-corrected chi connectivity index (χ1v) is 10.9. The molecular formula is C22H34N4O8. The summed E-state index contributed by atoms with van der Waals surface area (Å²) in [7, 11) is 0. The average Bonchev–Trinajstić information content (AvgIpc) is 2.79. The molecule has 1 aromatic rings. The minimum Gasteiger partial charge on any atom is -0.508 e. The Kier molecular flexibility index (Phi) is 11.4. The van der Waals surface area contributed by atoms with E-state index in [1.165, 1.54) is 19.1 Å². The zero-order valence-electron chi connectivity index (χ0n) is 19.4. The number of phenolic OH excluding ortho intramolecular Hbond substituents is 1. The third-order valence-electron chi connectivity index (χ3n) is 5.38. The number of benzene rings is 1. The highest BCUT2D eigenvalue weighted by Gasteiger charge is 2.33. The molecule has 9 N–H and O–H groups in total. The fraction of sp³-hybridized carbons (Fsp3) is 0.545. The molecule has 0 bridgehead atoms. The van der Waals surface area contributed by atoms with E-state index < -0.39 is 60.6 Å². The smallest absolute Gasteiger partial charge is 0.328 e. The van der Waals surface area contributed by atoms with Crippen LogP contribution in [0.25, 0.3) is 0 Å². The lowest BCUT2D eigenvalue weighted by atomic mass is 9.97. The molecule has 3 amide bonds. The number of aromatic hydroxyl groups is 1. The highest BCUT2D eigenvalue weighted by atomic mass is 16.4. The Hall–Kier alpha value is -3.22. The van der Waals surface area contributed by atoms with Gasteiger partial charge in [0, 0.05) is 0 Å². The van der Waals surface area contributed by atoms with E-state index >= 15 is 0 Å². The summed E-state index contributed by atoms with van der Waals surface area (Å²) in [6.45, 7) is 3.83. The van der Waals surface area contributed by atoms with Gasteiger partial charge in [0.1, 0.15) is 17.8 Å². The summed E-state index contributed by atoms with van der Waals surface area (Å²) in [6.07, 6.45) is -0.776. The van der Waals surface area contributed by atoms with Crippen molar-refractivity contribution in [2.75, 3.05) is 6.61 Å². The zero-order chi connectivity index (χ0) is 26.0. The molecule has 0 aromatic heterocycles. The van der Waals surface area contributed by atoms with Gasteiger partial charge in [0.25, 0.3) is 0 Å². The van der Waals surface area contributed by atoms with Crippen molar-refractivity contribution in [3.8, 4) is 5.75 Å². The summed E-state index contributed by atoms with van der Waals surface area (Å²) < 4.78 is 0. The molecule has 0 spiro atoms. The van der Waals surface area contributed by atoms with Crippen LogP contribution in [0.3, 0.4) is 0 Å². The number of carbonyl (C=O) groups is 4. The second kappa shape index (κ2) is 13.5. The van der Waals surface area contributed by atoms with Crippen LogP contribution in [0.5, 0.6) is 5.75 Å². The number of nitrogens with one attached hydrogen (secondary N) is 3. The highest BCUT2D eigenvalue weighted by Crippen LogP contribution is 2.12. The van der Waals surface area contributed by atoms with E-state index in [1.54, 1.807) is 26.0 Å². The van der Waals surface area contributed by atoms with Gasteiger partial charge in [-0.1, -0.05) is 32.4 Å². The van der Waals surface area contributed by atoms with Crippen molar-refractivity contribution in [3.63, 3.8) is 0 Å². The van der Waals surface area contributed by atoms with E-state index in [1.807, 2.05) is 0 Å². The number of carboxylic acids is 1. The van der Waals surface area contributed by atoms with Gasteiger partial charge in [-0.3, -0.25) is 14.4 Å². The average molecular weight is 483 g/mol. The highest BCUT2D eigenvalue weighted by molar-refractivity contribution is 5.94. The van der Waals surface area contributed by atoms with Crippen LogP contribution in [0.2, 0.25) is 0 Å². The molecule has 0 saturated heterocycles. The second-order valence-corrected chi connectivity index (χ2v) is 8.16. The molecule has 0 heterocycles. The first kappa shape index (κ1) is 28.8. The van der Waals surface area contributed by atoms with Crippen LogP contribution in [0, 0.1) is 5.92 Å². The lowest BCUT2D eigenvalue weighted by Crippen LogP contribution is -2.60. The largest absolute Gasteiger partial charge is 0.508 e. The van der Waals surface area contributed by atoms with Gasteiger partial charge < -0.3 is 42.1 Å². The number of carboxylic acid groups (broad SMARTS) is 1. The van der Waals surface area contributed by atoms with E-state index in [-0.39, 0.29) is 18.1 Å². The van der Waals surface area contributed by atoms with Crippen LogP contribution in [-0.4, -0.2) is 81.0 Å². The summed E-state index contributed by atoms with van der Waals surface area (Å²) in [5.41, 5.74) is 6.68. The lowest BCUT2D eigenvalue weighted by Gasteiger charge is -2.27. The Morgan fingerprint density at radius 3 is 1.97 bits per heavy atom. The van der Waals surface area contributed by atoms with Crippen molar-refractivity contribution in [2.45, 2.75) is 63.9 Å². The lowest BCUT2D eigenvalue weighted by molar-refractivity contribution is -0.145. The van der Waals surface area contributed by atoms with Crippen LogP contribution in [0.15, 0.2) is 24.3 Å². The van der Waals surface area contributed by atoms with Crippen LogP contribution in [0.4, 0.5) is 0 Å². The Balaban J connectivity index is 2.88. The van der Waals surface area contributed by atoms with Crippen molar-refractivity contribution in [2.24, 2.45) is 11.7 Å². The number of aliphatic hydroxyl groups excluding tert-OH is 2. The number of carbonyl (C=O) groups excluding carboxylic acids is 3. The molecule has 0 radical (unpaired) electrons. The van der Waals surface area contributed by atoms with Gasteiger partial charge >= 0.3 is 5.97 Å². The van der Waals surface area contributed by atoms with Gasteiger partial charge in [-0.05, 0) is 37.0 Å². The maximum atomic E-state index is 12.9. The Labute approximate surface area is 197 Å². The maximum Gasteiger partial charge on any atom is 0.328 e. The summed E-state index contributed by atoms with van der Waals surface area (Å²) in [5.74, 6) is -4.17. The second-order valence-electron chi connectivity index (χ2n) is 8.16. The quantitative estimate of drug-likeness (QED) is 0.159. The third-order valence-corrected chi connectivity index (χ3v) is 5.38. The summed E-state index contributed by atoms with van der Waals surface area (Å²) in [5, 5.41) is 44.5. The Bertz CT molecular complexity index is 846. The maximum absolute atomic E-state index is 12.9. The molecule has 0 saturated carbocycles. The molecule has 0 fully saturated rings. The number of rotatable bonds is 13. The SMILES string of the molecule is CCC(C)C(NC(=O)C(N)Cc1ccc(O)cc1)C(=O)NC(CO)C(=O)NC(C(=O)O)C(C)O. The van der Waals surface area contributed by atoms with E-state index in [4.69, 9.17) is 10.8 Å². The van der Waals surface area contributed by atoms with Crippen LogP contribution < -0.4 is 21.7 Å². The fourth-order valence-electron chi connectivity index (χ4n) is 3.04. The fourth-order valence-corrected chi connectivity index (χ4v) is 3.04. The van der Waals surface area contributed by atoms with Crippen molar-refractivity contribution < 1.29 is 39.6 Å². The Morgan fingerprint density at radius 2 is 1.50 bits per heavy atom. The number of aliphatic hydroxyl groups is 2. The summed E-state index contributed by atoms with van der Waals surface area (Å²) >= 11 is 0. The standard InChI is InChI=1S/C22H34N4O8/c1-4-11(2)17(25-19(30)15(23)9-13-5-7-14(29)8-6-13)21(32)24-16(10-27)20(31)26-18(12(3)28)22(33)34/h5-8,11-12,15-18,27-29H,4,9-10,23H2,1-3H3,(H,24,32)(H,25,30)(H,26,31)(H,33,34). The predicted octanol–water partition coefficient (Wildman–Crippen LogP) is -1.78. The van der Waals surface area contributed by atoms with Crippen LogP contribution in [-0.2, 0) is 25.6 Å². The van der Waals surface area contributed by atoms with Gasteiger partial charge in [0.05, 0.1) is 18.8 Å². The molecule has 0 aliphatic rings. The molecule has 1 aromatic carbocycles. The number of hydrogen-bond acceptors (Lipinski definition) is 8. The molecule has 0 aliphatic heterocycles. The van der Waals surface area contributed by atoms with Gasteiger partial charge in [-0.15, -0.1) is 0 Å². The number of aliphatic carboxylic acids is 1. The van der Waals surface area contributed by atoms with Crippen molar-refractivity contribution in [3.05, 3.63) is 29.8 Å². The molecule has 12 heteroatoms. The normalized spacial score (nSPS) is 16.3. The third kappa shape index (κ3) is 8.61. The van der Waals surface area contributed by atoms with Gasteiger partial charge in [-0.25, -0.2) is 4.79 Å². The molecule has 1 rings (SSSR count). The molecule has 6 atom stereocenters. The first-order valence-electron chi connectivity index (χ1n) is 10.9. The zero-order valence-corrected chi connectivity index (χ0v) is 19.4. The monoisotopic (exact) mass is 482 g/mol. The van der Waals surface area contributed by atoms with Gasteiger partial charge in [-0.2, -0.15) is 0 Å². The van der Waals surface area contributed by atoms with Gasteiger partial charge in [0.15, 0.2) is 6.04 Å². The molecule has 190 valence electrons. The minimum atomic E-state index is -1.64. The van der Waals surface area contributed by atoms with Gasteiger partial charge in [0.2, 0.25) is 17.7 Å². The molecule has 12 nitrogen and oxygen atoms in total. The topological polar surface area (TPSA) is 211 Å². The number of amides is 3. The van der Waals surface area contributed by atoms with Crippen molar-refractivity contribution >= 4 is 23.7 Å². The van der Waals surface area contributed by atoms with E-state index in [0.717, 1.165) is 0 Å². The first-order chi connectivity index (χ1) is 15.9. The van der Waals surface area contributed by atoms with E-state index in [9.17, 15) is 34.5 Å². The Morgan fingerprint density at radius 1 is 0.941 bits per heavy atom. The minimum absolute atomic E-state index is 0.0703. The van der Waals surface area contributed by atoms with Crippen LogP contribution in [0.1, 0.15) is 32.8 Å². The molecule has 0 aliphatic carbocycles. The molecular weight excluding hydrogens is 448 g/mol. The van der Waals surface area contributed by atoms with E-state index in [2.05, 4.69) is 16.0 Å². The number of hydrogen-bond donors (Lipinski definition) is 8. The van der Waals surface area contributed by atoms with E-state index in [0.29, 0.717) is 12.0 Å². The molecule has 34 heavy (non-hydrogen) atoms. The number of phenols is 1. The van der Waals surface area contributed by atoms with Crippen molar-refractivity contribution in [1.82, 2.24) is 16.0 Å². The predicted molar refractivity (Wildman–Crippen MR) is 121 cm³/mol.